The van der Waals surface area contributed by atoms with E-state index in [2.05, 4.69) is 9.36 Å². The second kappa shape index (κ2) is 11.8. The largest absolute Gasteiger partial charge is 0.473 e. The molecule has 42 heavy (non-hydrogen) atoms. The van der Waals surface area contributed by atoms with E-state index in [0.29, 0.717) is 23.4 Å². The maximum absolute atomic E-state index is 15.5. The molecule has 6 rings (SSSR count). The second-order valence-electron chi connectivity index (χ2n) is 9.92. The summed E-state index contributed by atoms with van der Waals surface area (Å²) in [5, 5.41) is 9.64. The van der Waals surface area contributed by atoms with Crippen LogP contribution in [0.25, 0.3) is 22.3 Å². The number of nitrogens with zero attached hydrogens (tertiary/aromatic N) is 4. The predicted molar refractivity (Wildman–Crippen MR) is 155 cm³/mol. The zero-order valence-corrected chi connectivity index (χ0v) is 23.3. The number of aryl methyl sites for hydroxylation is 1. The standard InChI is InChI=1S/C32H25F3N4O2S/c1-19-5-7-21(25(33)11-19)18-41-32-4-2-3-28(38-32)24-15-26(34)22(13-27(24)35)14-31-37-29-8-6-20(17-40)12-30(29)39(31)16-23-9-10-36-42-23/h2-13,15,40H,14,16-18H2,1H3. The number of ether oxygens (including phenoxy) is 1. The summed E-state index contributed by atoms with van der Waals surface area (Å²) in [7, 11) is 0. The molecule has 3 aromatic heterocycles. The highest BCUT2D eigenvalue weighted by Crippen LogP contribution is 2.29. The number of halogens is 3. The summed E-state index contributed by atoms with van der Waals surface area (Å²) in [6.07, 6.45) is 1.75. The lowest BCUT2D eigenvalue weighted by Gasteiger charge is -2.12. The number of pyridine rings is 1. The molecule has 0 saturated heterocycles. The lowest BCUT2D eigenvalue weighted by Crippen LogP contribution is -2.07. The fourth-order valence-corrected chi connectivity index (χ4v) is 5.33. The van der Waals surface area contributed by atoms with Gasteiger partial charge in [0.15, 0.2) is 0 Å². The van der Waals surface area contributed by atoms with Crippen LogP contribution in [-0.2, 0) is 26.2 Å². The molecule has 0 aliphatic rings. The van der Waals surface area contributed by atoms with Crippen molar-refractivity contribution < 1.29 is 23.0 Å². The lowest BCUT2D eigenvalue weighted by molar-refractivity contribution is 0.282. The lowest BCUT2D eigenvalue weighted by atomic mass is 10.0. The maximum atomic E-state index is 15.5. The number of hydrogen-bond donors (Lipinski definition) is 1. The second-order valence-corrected chi connectivity index (χ2v) is 10.8. The molecule has 212 valence electrons. The first kappa shape index (κ1) is 27.6. The molecular weight excluding hydrogens is 561 g/mol. The Morgan fingerprint density at radius 3 is 2.52 bits per heavy atom. The van der Waals surface area contributed by atoms with Crippen molar-refractivity contribution in [3.8, 4) is 17.1 Å². The van der Waals surface area contributed by atoms with E-state index in [4.69, 9.17) is 9.72 Å². The maximum Gasteiger partial charge on any atom is 0.214 e. The van der Waals surface area contributed by atoms with Crippen LogP contribution in [-0.4, -0.2) is 24.0 Å². The van der Waals surface area contributed by atoms with Crippen LogP contribution in [0.2, 0.25) is 0 Å². The molecule has 0 fully saturated rings. The third kappa shape index (κ3) is 5.77. The number of aliphatic hydroxyl groups is 1. The Morgan fingerprint density at radius 1 is 0.881 bits per heavy atom. The van der Waals surface area contributed by atoms with Crippen molar-refractivity contribution in [2.45, 2.75) is 33.1 Å². The van der Waals surface area contributed by atoms with E-state index in [9.17, 15) is 9.50 Å². The Labute approximate surface area is 243 Å². The highest BCUT2D eigenvalue weighted by molar-refractivity contribution is 7.05. The summed E-state index contributed by atoms with van der Waals surface area (Å²) >= 11 is 1.35. The number of rotatable bonds is 9. The van der Waals surface area contributed by atoms with Gasteiger partial charge in [-0.1, -0.05) is 24.3 Å². The first-order valence-corrected chi connectivity index (χ1v) is 14.0. The number of imidazole rings is 1. The van der Waals surface area contributed by atoms with Gasteiger partial charge in [-0.25, -0.2) is 27.5 Å². The van der Waals surface area contributed by atoms with Crippen molar-refractivity contribution in [1.82, 2.24) is 18.9 Å². The van der Waals surface area contributed by atoms with Gasteiger partial charge in [-0.2, -0.15) is 0 Å². The Balaban J connectivity index is 1.28. The van der Waals surface area contributed by atoms with Crippen LogP contribution in [0, 0.1) is 24.4 Å². The Hall–Kier alpha value is -4.54. The third-order valence-electron chi connectivity index (χ3n) is 6.95. The van der Waals surface area contributed by atoms with Crippen molar-refractivity contribution >= 4 is 22.6 Å². The van der Waals surface area contributed by atoms with E-state index in [1.165, 1.54) is 17.6 Å². The van der Waals surface area contributed by atoms with Crippen molar-refractivity contribution in [2.24, 2.45) is 0 Å². The number of aliphatic hydroxyl groups excluding tert-OH is 1. The quantitative estimate of drug-likeness (QED) is 0.198. The molecule has 6 aromatic rings. The molecule has 0 aliphatic carbocycles. The zero-order chi connectivity index (χ0) is 29.2. The van der Waals surface area contributed by atoms with Gasteiger partial charge >= 0.3 is 0 Å². The van der Waals surface area contributed by atoms with E-state index in [1.807, 2.05) is 22.8 Å². The minimum absolute atomic E-state index is 0.0195. The van der Waals surface area contributed by atoms with Gasteiger partial charge in [0.1, 0.15) is 29.9 Å². The van der Waals surface area contributed by atoms with Gasteiger partial charge < -0.3 is 14.4 Å². The summed E-state index contributed by atoms with van der Waals surface area (Å²) in [5.41, 5.74) is 3.67. The van der Waals surface area contributed by atoms with E-state index >= 15 is 8.78 Å². The van der Waals surface area contributed by atoms with Gasteiger partial charge in [0.2, 0.25) is 5.88 Å². The zero-order valence-electron chi connectivity index (χ0n) is 22.5. The molecule has 0 aliphatic heterocycles. The Bertz CT molecular complexity index is 1890. The fraction of sp³-hybridized carbons (Fsp3) is 0.156. The van der Waals surface area contributed by atoms with Crippen LogP contribution >= 0.6 is 11.5 Å². The van der Waals surface area contributed by atoms with Gasteiger partial charge in [0.05, 0.1) is 29.9 Å². The molecule has 0 saturated carbocycles. The van der Waals surface area contributed by atoms with E-state index < -0.39 is 11.6 Å². The van der Waals surface area contributed by atoms with Crippen LogP contribution in [0.5, 0.6) is 5.88 Å². The van der Waals surface area contributed by atoms with E-state index in [-0.39, 0.29) is 48.2 Å². The van der Waals surface area contributed by atoms with Gasteiger partial charge in [-0.05, 0) is 77.6 Å². The van der Waals surface area contributed by atoms with Crippen LogP contribution in [0.1, 0.15) is 33.0 Å². The van der Waals surface area contributed by atoms with Crippen LogP contribution in [0.15, 0.2) is 79.0 Å². The molecule has 3 aromatic carbocycles. The third-order valence-corrected chi connectivity index (χ3v) is 7.67. The van der Waals surface area contributed by atoms with Gasteiger partial charge in [0, 0.05) is 34.7 Å². The summed E-state index contributed by atoms with van der Waals surface area (Å²) in [6.45, 7) is 2.07. The Kier molecular flexibility index (Phi) is 7.73. The highest BCUT2D eigenvalue weighted by Gasteiger charge is 2.18. The molecule has 0 spiro atoms. The molecule has 0 bridgehead atoms. The highest BCUT2D eigenvalue weighted by atomic mass is 32.1. The molecule has 0 radical (unpaired) electrons. The minimum Gasteiger partial charge on any atom is -0.473 e. The van der Waals surface area contributed by atoms with E-state index in [1.54, 1.807) is 49.5 Å². The first-order valence-electron chi connectivity index (χ1n) is 13.2. The average Bonchev–Trinajstić information content (AvgIpc) is 3.62. The fourth-order valence-electron chi connectivity index (χ4n) is 4.76. The first-order chi connectivity index (χ1) is 20.4. The molecule has 10 heteroatoms. The monoisotopic (exact) mass is 586 g/mol. The smallest absolute Gasteiger partial charge is 0.214 e. The van der Waals surface area contributed by atoms with Crippen molar-refractivity contribution in [2.75, 3.05) is 0 Å². The molecule has 6 nitrogen and oxygen atoms in total. The summed E-state index contributed by atoms with van der Waals surface area (Å²) < 4.78 is 56.9. The summed E-state index contributed by atoms with van der Waals surface area (Å²) in [5.74, 6) is -0.918. The topological polar surface area (TPSA) is 73.1 Å². The van der Waals surface area contributed by atoms with Crippen molar-refractivity contribution in [1.29, 1.82) is 0 Å². The van der Waals surface area contributed by atoms with Crippen LogP contribution in [0.3, 0.4) is 0 Å². The van der Waals surface area contributed by atoms with Gasteiger partial charge in [-0.15, -0.1) is 0 Å². The number of fused-ring (bicyclic) bond motifs is 1. The average molecular weight is 587 g/mol. The molecular formula is C32H25F3N4O2S. The van der Waals surface area contributed by atoms with Crippen molar-refractivity contribution in [3.05, 3.63) is 129 Å². The van der Waals surface area contributed by atoms with Gasteiger partial charge in [0.25, 0.3) is 0 Å². The van der Waals surface area contributed by atoms with Gasteiger partial charge in [-0.3, -0.25) is 0 Å². The molecule has 0 unspecified atom stereocenters. The molecule has 0 amide bonds. The molecule has 0 atom stereocenters. The van der Waals surface area contributed by atoms with Crippen LogP contribution < -0.4 is 4.74 Å². The SMILES string of the molecule is Cc1ccc(COc2cccc(-c3cc(F)c(Cc4nc5ccc(CO)cc5n4Cc4ccns4)cc3F)n2)c(F)c1. The van der Waals surface area contributed by atoms with Crippen molar-refractivity contribution in [3.63, 3.8) is 0 Å². The molecule has 3 heterocycles. The molecule has 1 N–H and O–H groups in total. The number of aromatic nitrogens is 4. The normalized spacial score (nSPS) is 11.4. The van der Waals surface area contributed by atoms with E-state index in [0.717, 1.165) is 33.7 Å². The summed E-state index contributed by atoms with van der Waals surface area (Å²) in [6, 6.07) is 19.2. The summed E-state index contributed by atoms with van der Waals surface area (Å²) in [4.78, 5) is 10.0. The number of benzene rings is 3. The minimum atomic E-state index is -0.645. The predicted octanol–water partition coefficient (Wildman–Crippen LogP) is 6.99. The van der Waals surface area contributed by atoms with Crippen LogP contribution in [0.4, 0.5) is 13.2 Å². The number of hydrogen-bond acceptors (Lipinski definition) is 6. The Morgan fingerprint density at radius 2 is 1.74 bits per heavy atom.